The Hall–Kier alpha value is -3.41. The molecule has 0 spiro atoms. The molecule has 0 bridgehead atoms. The Morgan fingerprint density at radius 1 is 0.750 bits per heavy atom. The summed E-state index contributed by atoms with van der Waals surface area (Å²) in [5, 5.41) is 5.73. The van der Waals surface area contributed by atoms with E-state index >= 15 is 0 Å². The van der Waals surface area contributed by atoms with Crippen LogP contribution in [0.3, 0.4) is 0 Å². The van der Waals surface area contributed by atoms with E-state index in [-0.39, 0.29) is 55.0 Å². The van der Waals surface area contributed by atoms with E-state index < -0.39 is 5.91 Å². The smallest absolute Gasteiger partial charge is 0.266 e. The molecule has 208 valence electrons. The van der Waals surface area contributed by atoms with Gasteiger partial charge in [0.1, 0.15) is 4.32 Å². The van der Waals surface area contributed by atoms with Crippen LogP contribution >= 0.6 is 36.2 Å². The van der Waals surface area contributed by atoms with Crippen LogP contribution in [0.4, 0.5) is 0 Å². The lowest BCUT2D eigenvalue weighted by Gasteiger charge is -2.15. The number of thioether (sulfide) groups is 1. The summed E-state index contributed by atoms with van der Waals surface area (Å²) < 4.78 is 0.305. The molecule has 0 radical (unpaired) electrons. The normalized spacial score (nSPS) is 17.1. The molecule has 2 aliphatic rings. The number of rotatable bonds is 12. The minimum atomic E-state index is -0.390. The minimum Gasteiger partial charge on any atom is -0.356 e. The zero-order valence-corrected chi connectivity index (χ0v) is 24.3. The van der Waals surface area contributed by atoms with E-state index in [4.69, 9.17) is 24.4 Å². The summed E-state index contributed by atoms with van der Waals surface area (Å²) in [5.74, 6) is -1.11. The molecule has 2 fully saturated rings. The molecule has 2 aliphatic heterocycles. The van der Waals surface area contributed by atoms with Gasteiger partial charge in [-0.1, -0.05) is 96.9 Å². The van der Waals surface area contributed by atoms with Crippen LogP contribution in [0.1, 0.15) is 30.4 Å². The predicted molar refractivity (Wildman–Crippen MR) is 163 cm³/mol. The number of benzene rings is 2. The summed E-state index contributed by atoms with van der Waals surface area (Å²) >= 11 is 11.9. The molecular formula is C29H30N4O4S3. The molecule has 2 N–H and O–H groups in total. The molecule has 2 heterocycles. The minimum absolute atomic E-state index is 0.0989. The number of carbonyl (C=O) groups is 4. The molecule has 0 saturated carbocycles. The zero-order chi connectivity index (χ0) is 28.5. The molecule has 11 heteroatoms. The molecule has 0 atom stereocenters. The molecule has 0 aromatic heterocycles. The van der Waals surface area contributed by atoms with Crippen LogP contribution in [0, 0.1) is 0 Å². The second kappa shape index (κ2) is 14.3. The molecule has 2 saturated heterocycles. The van der Waals surface area contributed by atoms with Crippen molar-refractivity contribution in [3.05, 3.63) is 82.3 Å². The third kappa shape index (κ3) is 7.83. The molecule has 8 nitrogen and oxygen atoms in total. The lowest BCUT2D eigenvalue weighted by molar-refractivity contribution is -0.126. The third-order valence-corrected chi connectivity index (χ3v) is 8.39. The Bertz CT molecular complexity index is 1230. The van der Waals surface area contributed by atoms with E-state index in [1.54, 1.807) is 0 Å². The van der Waals surface area contributed by atoms with Crippen LogP contribution in [0.5, 0.6) is 0 Å². The topological polar surface area (TPSA) is 98.8 Å². The summed E-state index contributed by atoms with van der Waals surface area (Å²) in [6.45, 7) is 1.27. The summed E-state index contributed by atoms with van der Waals surface area (Å²) in [7, 11) is 0. The zero-order valence-electron chi connectivity index (χ0n) is 21.9. The van der Waals surface area contributed by atoms with Crippen molar-refractivity contribution in [3.63, 3.8) is 0 Å². The van der Waals surface area contributed by atoms with Crippen LogP contribution in [-0.4, -0.2) is 68.9 Å². The van der Waals surface area contributed by atoms with Crippen molar-refractivity contribution in [3.8, 4) is 0 Å². The van der Waals surface area contributed by atoms with Crippen molar-refractivity contribution in [2.45, 2.75) is 32.1 Å². The summed E-state index contributed by atoms with van der Waals surface area (Å²) in [6.07, 6.45) is 1.78. The molecule has 2 aromatic rings. The molecule has 4 rings (SSSR count). The largest absolute Gasteiger partial charge is 0.356 e. The SMILES string of the molecule is O=C(CCN1C(=O)C(=C2SC(=S)N(CCC(=O)NCCc3ccccc3)C2=O)CC1=S)NCCc1ccccc1. The number of thiocarbonyl (C=S) groups is 2. The maximum absolute atomic E-state index is 13.1. The van der Waals surface area contributed by atoms with E-state index in [9.17, 15) is 19.2 Å². The lowest BCUT2D eigenvalue weighted by Crippen LogP contribution is -2.35. The van der Waals surface area contributed by atoms with Gasteiger partial charge in [0.05, 0.1) is 9.89 Å². The third-order valence-electron chi connectivity index (χ3n) is 6.54. The first-order chi connectivity index (χ1) is 19.3. The molecule has 40 heavy (non-hydrogen) atoms. The second-order valence-electron chi connectivity index (χ2n) is 9.33. The molecule has 0 aliphatic carbocycles. The fourth-order valence-electron chi connectivity index (χ4n) is 4.36. The predicted octanol–water partition coefficient (Wildman–Crippen LogP) is 3.16. The van der Waals surface area contributed by atoms with Gasteiger partial charge >= 0.3 is 0 Å². The Labute approximate surface area is 248 Å². The van der Waals surface area contributed by atoms with Crippen LogP contribution in [0.15, 0.2) is 71.1 Å². The Kier molecular flexibility index (Phi) is 10.6. The van der Waals surface area contributed by atoms with Gasteiger partial charge in [0.25, 0.3) is 11.8 Å². The van der Waals surface area contributed by atoms with Gasteiger partial charge in [0.15, 0.2) is 0 Å². The fourth-order valence-corrected chi connectivity index (χ4v) is 6.04. The highest BCUT2D eigenvalue weighted by Crippen LogP contribution is 2.37. The Morgan fingerprint density at radius 2 is 1.25 bits per heavy atom. The van der Waals surface area contributed by atoms with E-state index in [1.807, 2.05) is 60.7 Å². The van der Waals surface area contributed by atoms with Crippen LogP contribution in [-0.2, 0) is 32.0 Å². The number of likely N-dealkylation sites (tertiary alicyclic amines) is 1. The van der Waals surface area contributed by atoms with Gasteiger partial charge in [-0.05, 0) is 24.0 Å². The van der Waals surface area contributed by atoms with Gasteiger partial charge in [0.2, 0.25) is 11.8 Å². The van der Waals surface area contributed by atoms with Crippen molar-refractivity contribution in [1.82, 2.24) is 20.4 Å². The summed E-state index contributed by atoms with van der Waals surface area (Å²) in [4.78, 5) is 54.3. The van der Waals surface area contributed by atoms with Gasteiger partial charge < -0.3 is 15.5 Å². The second-order valence-corrected chi connectivity index (χ2v) is 11.4. The summed E-state index contributed by atoms with van der Waals surface area (Å²) in [6, 6.07) is 19.7. The number of hydrogen-bond donors (Lipinski definition) is 2. The highest BCUT2D eigenvalue weighted by molar-refractivity contribution is 8.26. The average molecular weight is 595 g/mol. The monoisotopic (exact) mass is 594 g/mol. The number of nitrogens with zero attached hydrogens (tertiary/aromatic N) is 2. The van der Waals surface area contributed by atoms with Crippen molar-refractivity contribution in [1.29, 1.82) is 0 Å². The molecule has 0 unspecified atom stereocenters. The van der Waals surface area contributed by atoms with E-state index in [0.717, 1.165) is 29.3 Å². The van der Waals surface area contributed by atoms with E-state index in [2.05, 4.69) is 10.6 Å². The number of amides is 4. The molecule has 4 amide bonds. The first-order valence-electron chi connectivity index (χ1n) is 13.1. The van der Waals surface area contributed by atoms with Crippen LogP contribution < -0.4 is 10.6 Å². The standard InChI is InChI=1S/C29H30N4O4S3/c34-23(30-15-11-20-7-3-1-4-8-20)13-17-32-25(38)19-22(27(32)36)26-28(37)33(29(39)40-26)18-14-24(35)31-16-12-21-9-5-2-6-10-21/h1-10H,11-19H2,(H,30,34)(H,31,35). The van der Waals surface area contributed by atoms with Gasteiger partial charge in [-0.3, -0.25) is 24.1 Å². The van der Waals surface area contributed by atoms with E-state index in [0.29, 0.717) is 34.4 Å². The first-order valence-corrected chi connectivity index (χ1v) is 14.7. The van der Waals surface area contributed by atoms with Crippen molar-refractivity contribution in [2.75, 3.05) is 26.2 Å². The van der Waals surface area contributed by atoms with Gasteiger partial charge in [-0.15, -0.1) is 0 Å². The van der Waals surface area contributed by atoms with Crippen molar-refractivity contribution >= 4 is 69.1 Å². The lowest BCUT2D eigenvalue weighted by atomic mass is 10.1. The van der Waals surface area contributed by atoms with E-state index in [1.165, 1.54) is 9.80 Å². The van der Waals surface area contributed by atoms with Gasteiger partial charge in [-0.25, -0.2) is 0 Å². The number of hydrogen-bond acceptors (Lipinski definition) is 7. The highest BCUT2D eigenvalue weighted by Gasteiger charge is 2.41. The number of nitrogens with one attached hydrogen (secondary N) is 2. The molecular weight excluding hydrogens is 565 g/mol. The quantitative estimate of drug-likeness (QED) is 0.288. The summed E-state index contributed by atoms with van der Waals surface area (Å²) in [5.41, 5.74) is 2.55. The first kappa shape index (κ1) is 29.6. The van der Waals surface area contributed by atoms with Crippen LogP contribution in [0.2, 0.25) is 0 Å². The number of carbonyl (C=O) groups excluding carboxylic acids is 4. The maximum Gasteiger partial charge on any atom is 0.266 e. The maximum atomic E-state index is 13.1. The van der Waals surface area contributed by atoms with Crippen molar-refractivity contribution < 1.29 is 19.2 Å². The fraction of sp³-hybridized carbons (Fsp3) is 0.310. The Morgan fingerprint density at radius 3 is 1.77 bits per heavy atom. The van der Waals surface area contributed by atoms with Gasteiger partial charge in [0, 0.05) is 51.0 Å². The Balaban J connectivity index is 1.24. The average Bonchev–Trinajstić information content (AvgIpc) is 3.40. The van der Waals surface area contributed by atoms with Gasteiger partial charge in [-0.2, -0.15) is 0 Å². The van der Waals surface area contributed by atoms with Crippen molar-refractivity contribution in [2.24, 2.45) is 0 Å². The highest BCUT2D eigenvalue weighted by atomic mass is 32.2. The molecule has 2 aromatic carbocycles. The van der Waals surface area contributed by atoms with Crippen LogP contribution in [0.25, 0.3) is 0 Å².